The number of nitrogens with zero attached hydrogens (tertiary/aromatic N) is 2. The Morgan fingerprint density at radius 1 is 1.25 bits per heavy atom. The summed E-state index contributed by atoms with van der Waals surface area (Å²) in [5.74, 6) is 1.35. The molecule has 1 saturated heterocycles. The Morgan fingerprint density at radius 3 is 2.45 bits per heavy atom. The molecular formula is C15H27N3O2. The maximum atomic E-state index is 13.0. The molecule has 1 amide bonds. The van der Waals surface area contributed by atoms with Crippen molar-refractivity contribution in [2.75, 3.05) is 13.1 Å². The van der Waals surface area contributed by atoms with E-state index in [1.807, 2.05) is 4.90 Å². The van der Waals surface area contributed by atoms with Crippen LogP contribution in [0.25, 0.3) is 0 Å². The van der Waals surface area contributed by atoms with Crippen LogP contribution in [-0.4, -0.2) is 34.9 Å². The van der Waals surface area contributed by atoms with Crippen LogP contribution < -0.4 is 5.73 Å². The first-order valence-corrected chi connectivity index (χ1v) is 7.78. The first-order valence-electron chi connectivity index (χ1n) is 7.78. The Bertz CT molecular complexity index is 389. The third kappa shape index (κ3) is 2.63. The van der Waals surface area contributed by atoms with Crippen LogP contribution in [0.5, 0.6) is 0 Å². The van der Waals surface area contributed by atoms with Crippen LogP contribution in [0.3, 0.4) is 0 Å². The second-order valence-electron chi connectivity index (χ2n) is 6.62. The Hall–Kier alpha value is -1.26. The molecule has 114 valence electrons. The number of rotatable bonds is 2. The van der Waals surface area contributed by atoms with Gasteiger partial charge in [-0.2, -0.15) is 0 Å². The molecule has 0 aromatic rings. The standard InChI is InChI=1S/C15H27N3O2/c1-11-6-9-18(10-12(11)2)14(19)15(13(16)17-20)7-4-3-5-8-15/h11-12,20H,3-10H2,1-2H3,(H2,16,17). The molecular weight excluding hydrogens is 254 g/mol. The highest BCUT2D eigenvalue weighted by molar-refractivity contribution is 6.06. The zero-order valence-corrected chi connectivity index (χ0v) is 12.6. The topological polar surface area (TPSA) is 78.9 Å². The highest BCUT2D eigenvalue weighted by atomic mass is 16.4. The van der Waals surface area contributed by atoms with E-state index in [0.717, 1.165) is 38.8 Å². The highest BCUT2D eigenvalue weighted by Gasteiger charge is 2.46. The predicted octanol–water partition coefficient (Wildman–Crippen LogP) is 2.19. The van der Waals surface area contributed by atoms with Crippen molar-refractivity contribution in [2.24, 2.45) is 28.1 Å². The first kappa shape index (κ1) is 15.1. The number of likely N-dealkylation sites (tertiary alicyclic amines) is 1. The monoisotopic (exact) mass is 281 g/mol. The molecule has 3 N–H and O–H groups in total. The molecule has 1 aliphatic heterocycles. The molecule has 1 saturated carbocycles. The lowest BCUT2D eigenvalue weighted by atomic mass is 9.71. The average Bonchev–Trinajstić information content (AvgIpc) is 2.49. The van der Waals surface area contributed by atoms with E-state index in [0.29, 0.717) is 24.7 Å². The van der Waals surface area contributed by atoms with Gasteiger partial charge in [0.25, 0.3) is 0 Å². The van der Waals surface area contributed by atoms with Gasteiger partial charge in [0.2, 0.25) is 5.91 Å². The summed E-state index contributed by atoms with van der Waals surface area (Å²) in [6.07, 6.45) is 5.54. The van der Waals surface area contributed by atoms with Crippen molar-refractivity contribution in [3.05, 3.63) is 0 Å². The van der Waals surface area contributed by atoms with E-state index in [2.05, 4.69) is 19.0 Å². The van der Waals surface area contributed by atoms with Gasteiger partial charge in [-0.1, -0.05) is 38.3 Å². The van der Waals surface area contributed by atoms with E-state index < -0.39 is 5.41 Å². The molecule has 2 unspecified atom stereocenters. The van der Waals surface area contributed by atoms with Gasteiger partial charge < -0.3 is 15.8 Å². The maximum Gasteiger partial charge on any atom is 0.236 e. The number of carbonyl (C=O) groups is 1. The molecule has 2 fully saturated rings. The van der Waals surface area contributed by atoms with Crippen LogP contribution in [0, 0.1) is 17.3 Å². The zero-order valence-electron chi connectivity index (χ0n) is 12.6. The highest BCUT2D eigenvalue weighted by Crippen LogP contribution is 2.39. The number of piperidine rings is 1. The Morgan fingerprint density at radius 2 is 1.90 bits per heavy atom. The number of nitrogens with two attached hydrogens (primary N) is 1. The molecule has 2 aliphatic rings. The minimum Gasteiger partial charge on any atom is -0.409 e. The van der Waals surface area contributed by atoms with Crippen LogP contribution in [0.1, 0.15) is 52.4 Å². The number of oxime groups is 1. The lowest BCUT2D eigenvalue weighted by Gasteiger charge is -2.42. The van der Waals surface area contributed by atoms with Gasteiger partial charge in [-0.3, -0.25) is 4.79 Å². The molecule has 0 bridgehead atoms. The number of hydrogen-bond acceptors (Lipinski definition) is 3. The van der Waals surface area contributed by atoms with E-state index >= 15 is 0 Å². The third-order valence-corrected chi connectivity index (χ3v) is 5.34. The molecule has 2 rings (SSSR count). The molecule has 0 radical (unpaired) electrons. The van der Waals surface area contributed by atoms with Gasteiger partial charge >= 0.3 is 0 Å². The lowest BCUT2D eigenvalue weighted by Crippen LogP contribution is -2.55. The van der Waals surface area contributed by atoms with Crippen molar-refractivity contribution < 1.29 is 10.0 Å². The van der Waals surface area contributed by atoms with E-state index in [-0.39, 0.29) is 11.7 Å². The maximum absolute atomic E-state index is 13.0. The smallest absolute Gasteiger partial charge is 0.236 e. The molecule has 2 atom stereocenters. The second kappa shape index (κ2) is 6.02. The zero-order chi connectivity index (χ0) is 14.8. The summed E-state index contributed by atoms with van der Waals surface area (Å²) >= 11 is 0. The Kier molecular flexibility index (Phi) is 4.55. The van der Waals surface area contributed by atoms with Crippen molar-refractivity contribution in [1.82, 2.24) is 4.90 Å². The van der Waals surface area contributed by atoms with Crippen molar-refractivity contribution in [2.45, 2.75) is 52.4 Å². The third-order valence-electron chi connectivity index (χ3n) is 5.34. The first-order chi connectivity index (χ1) is 9.51. The van der Waals surface area contributed by atoms with Gasteiger partial charge in [-0.15, -0.1) is 0 Å². The van der Waals surface area contributed by atoms with Crippen LogP contribution in [0.4, 0.5) is 0 Å². The number of carbonyl (C=O) groups excluding carboxylic acids is 1. The molecule has 5 heteroatoms. The summed E-state index contributed by atoms with van der Waals surface area (Å²) in [7, 11) is 0. The summed E-state index contributed by atoms with van der Waals surface area (Å²) in [5, 5.41) is 12.3. The molecule has 0 aromatic carbocycles. The summed E-state index contributed by atoms with van der Waals surface area (Å²) in [6.45, 7) is 6.03. The number of amidine groups is 1. The van der Waals surface area contributed by atoms with Crippen molar-refractivity contribution in [3.8, 4) is 0 Å². The van der Waals surface area contributed by atoms with E-state index in [1.165, 1.54) is 0 Å². The fourth-order valence-corrected chi connectivity index (χ4v) is 3.58. The second-order valence-corrected chi connectivity index (χ2v) is 6.62. The summed E-state index contributed by atoms with van der Waals surface area (Å²) in [5.41, 5.74) is 5.15. The molecule has 20 heavy (non-hydrogen) atoms. The van der Waals surface area contributed by atoms with E-state index in [1.54, 1.807) is 0 Å². The van der Waals surface area contributed by atoms with Gasteiger partial charge in [0.15, 0.2) is 5.84 Å². The summed E-state index contributed by atoms with van der Waals surface area (Å²) in [6, 6.07) is 0. The predicted molar refractivity (Wildman–Crippen MR) is 78.5 cm³/mol. The number of amides is 1. The van der Waals surface area contributed by atoms with E-state index in [9.17, 15) is 4.79 Å². The molecule has 1 heterocycles. The fourth-order valence-electron chi connectivity index (χ4n) is 3.58. The van der Waals surface area contributed by atoms with Crippen molar-refractivity contribution in [1.29, 1.82) is 0 Å². The van der Waals surface area contributed by atoms with Gasteiger partial charge in [0, 0.05) is 13.1 Å². The molecule has 5 nitrogen and oxygen atoms in total. The lowest BCUT2D eigenvalue weighted by molar-refractivity contribution is -0.142. The quantitative estimate of drug-likeness (QED) is 0.352. The largest absolute Gasteiger partial charge is 0.409 e. The van der Waals surface area contributed by atoms with Crippen LogP contribution in [0.2, 0.25) is 0 Å². The fraction of sp³-hybridized carbons (Fsp3) is 0.867. The van der Waals surface area contributed by atoms with Gasteiger partial charge in [0.1, 0.15) is 5.41 Å². The van der Waals surface area contributed by atoms with Crippen molar-refractivity contribution >= 4 is 11.7 Å². The van der Waals surface area contributed by atoms with Crippen LogP contribution >= 0.6 is 0 Å². The van der Waals surface area contributed by atoms with E-state index in [4.69, 9.17) is 10.9 Å². The Balaban J connectivity index is 2.19. The molecule has 0 spiro atoms. The molecule has 1 aliphatic carbocycles. The van der Waals surface area contributed by atoms with Crippen LogP contribution in [0.15, 0.2) is 5.16 Å². The van der Waals surface area contributed by atoms with Crippen LogP contribution in [-0.2, 0) is 4.79 Å². The van der Waals surface area contributed by atoms with Gasteiger partial charge in [0.05, 0.1) is 0 Å². The van der Waals surface area contributed by atoms with Crippen molar-refractivity contribution in [3.63, 3.8) is 0 Å². The normalized spacial score (nSPS) is 31.1. The minimum atomic E-state index is -0.757. The SMILES string of the molecule is CC1CCN(C(=O)C2(C(N)=NO)CCCCC2)CC1C. The summed E-state index contributed by atoms with van der Waals surface area (Å²) in [4.78, 5) is 14.9. The molecule has 0 aromatic heterocycles. The number of hydrogen-bond donors (Lipinski definition) is 2. The van der Waals surface area contributed by atoms with Gasteiger partial charge in [-0.25, -0.2) is 0 Å². The summed E-state index contributed by atoms with van der Waals surface area (Å²) < 4.78 is 0. The Labute approximate surface area is 121 Å². The minimum absolute atomic E-state index is 0.0752. The average molecular weight is 281 g/mol. The van der Waals surface area contributed by atoms with Gasteiger partial charge in [-0.05, 0) is 31.1 Å².